The van der Waals surface area contributed by atoms with Gasteiger partial charge in [0.25, 0.3) is 0 Å². The van der Waals surface area contributed by atoms with Gasteiger partial charge in [-0.2, -0.15) is 0 Å². The average molecular weight is 479 g/mol. The van der Waals surface area contributed by atoms with Crippen molar-refractivity contribution in [1.29, 1.82) is 0 Å². The molecule has 192 valence electrons. The monoisotopic (exact) mass is 478 g/mol. The number of hydrogen-bond donors (Lipinski definition) is 0. The van der Waals surface area contributed by atoms with E-state index in [2.05, 4.69) is 76.2 Å². The topological polar surface area (TPSA) is 27.7 Å². The first-order chi connectivity index (χ1) is 16.9. The molecule has 0 amide bonds. The van der Waals surface area contributed by atoms with E-state index in [-0.39, 0.29) is 10.8 Å². The van der Waals surface area contributed by atoms with Crippen LogP contribution in [-0.4, -0.2) is 25.4 Å². The largest absolute Gasteiger partial charge is 0.490 e. The lowest BCUT2D eigenvalue weighted by Gasteiger charge is -2.33. The van der Waals surface area contributed by atoms with Crippen molar-refractivity contribution >= 4 is 0 Å². The van der Waals surface area contributed by atoms with Crippen LogP contribution in [0.1, 0.15) is 103 Å². The van der Waals surface area contributed by atoms with E-state index in [1.807, 2.05) is 0 Å². The molecule has 2 fully saturated rings. The molecule has 0 heterocycles. The average Bonchev–Trinajstić information content (AvgIpc) is 3.59. The first-order valence-electron chi connectivity index (χ1n) is 14.1. The smallest absolute Gasteiger partial charge is 0.119 e. The number of ether oxygens (including phenoxy) is 3. The molecular weight excluding hydrogens is 432 g/mol. The number of hydrogen-bond acceptors (Lipinski definition) is 3. The Morgan fingerprint density at radius 1 is 0.600 bits per heavy atom. The van der Waals surface area contributed by atoms with E-state index in [1.165, 1.54) is 62.5 Å². The number of rotatable bonds is 12. The predicted octanol–water partition coefficient (Wildman–Crippen LogP) is 8.38. The second kappa shape index (κ2) is 11.8. The van der Waals surface area contributed by atoms with Crippen LogP contribution in [0, 0.1) is 0 Å². The Balaban J connectivity index is 1.33. The molecule has 0 radical (unpaired) electrons. The Morgan fingerprint density at radius 3 is 1.26 bits per heavy atom. The molecule has 4 rings (SSSR count). The van der Waals surface area contributed by atoms with Crippen molar-refractivity contribution in [1.82, 2.24) is 0 Å². The fraction of sp³-hybridized carbons (Fsp3) is 0.625. The van der Waals surface area contributed by atoms with Crippen LogP contribution in [0.5, 0.6) is 11.5 Å². The Morgan fingerprint density at radius 2 is 0.943 bits per heavy atom. The van der Waals surface area contributed by atoms with Crippen molar-refractivity contribution in [2.24, 2.45) is 0 Å². The lowest BCUT2D eigenvalue weighted by molar-refractivity contribution is 0.0510. The van der Waals surface area contributed by atoms with Crippen molar-refractivity contribution in [2.45, 2.75) is 115 Å². The van der Waals surface area contributed by atoms with Gasteiger partial charge in [0.15, 0.2) is 0 Å². The first-order valence-corrected chi connectivity index (χ1v) is 14.1. The maximum atomic E-state index is 6.47. The van der Waals surface area contributed by atoms with Crippen molar-refractivity contribution in [3.8, 4) is 11.5 Å². The van der Waals surface area contributed by atoms with Crippen molar-refractivity contribution in [3.63, 3.8) is 0 Å². The summed E-state index contributed by atoms with van der Waals surface area (Å²) in [7, 11) is 0. The number of benzene rings is 2. The quantitative estimate of drug-likeness (QED) is 0.306. The van der Waals surface area contributed by atoms with Gasteiger partial charge in [0.05, 0.1) is 25.4 Å². The van der Waals surface area contributed by atoms with E-state index in [9.17, 15) is 0 Å². The summed E-state index contributed by atoms with van der Waals surface area (Å²) in [6.45, 7) is 10.6. The van der Waals surface area contributed by atoms with E-state index >= 15 is 0 Å². The molecule has 0 aromatic heterocycles. The normalized spacial score (nSPS) is 20.5. The molecule has 0 N–H and O–H groups in total. The third-order valence-corrected chi connectivity index (χ3v) is 8.71. The summed E-state index contributed by atoms with van der Waals surface area (Å²) in [5, 5.41) is 0. The molecule has 2 aromatic rings. The summed E-state index contributed by atoms with van der Waals surface area (Å²) >= 11 is 0. The lowest BCUT2D eigenvalue weighted by atomic mass is 9.79. The molecule has 0 aliphatic heterocycles. The van der Waals surface area contributed by atoms with Gasteiger partial charge in [-0.1, -0.05) is 52.0 Å². The predicted molar refractivity (Wildman–Crippen MR) is 145 cm³/mol. The van der Waals surface area contributed by atoms with E-state index in [1.54, 1.807) is 0 Å². The van der Waals surface area contributed by atoms with Gasteiger partial charge in [0, 0.05) is 10.8 Å². The van der Waals surface area contributed by atoms with Crippen molar-refractivity contribution < 1.29 is 14.2 Å². The molecule has 35 heavy (non-hydrogen) atoms. The maximum absolute atomic E-state index is 6.47. The molecule has 2 saturated carbocycles. The van der Waals surface area contributed by atoms with Gasteiger partial charge in [0.2, 0.25) is 0 Å². The third-order valence-electron chi connectivity index (χ3n) is 8.71. The molecule has 2 aromatic carbocycles. The zero-order chi connectivity index (χ0) is 24.7. The van der Waals surface area contributed by atoms with Crippen LogP contribution in [-0.2, 0) is 15.6 Å². The SMILES string of the molecule is CCC(C)(COCC(C)(CC)c1ccc(OC2CCCC2)cc1)c1ccc(OC2CCCC2)cc1. The minimum absolute atomic E-state index is 0.0144. The Hall–Kier alpha value is -2.00. The highest BCUT2D eigenvalue weighted by Gasteiger charge is 2.30. The van der Waals surface area contributed by atoms with E-state index in [0.717, 1.165) is 24.3 Å². The molecule has 2 atom stereocenters. The van der Waals surface area contributed by atoms with E-state index < -0.39 is 0 Å². The Labute approximate surface area is 213 Å². The van der Waals surface area contributed by atoms with Gasteiger partial charge in [-0.3, -0.25) is 0 Å². The summed E-state index contributed by atoms with van der Waals surface area (Å²) in [4.78, 5) is 0. The van der Waals surface area contributed by atoms with Crippen LogP contribution in [0.3, 0.4) is 0 Å². The zero-order valence-electron chi connectivity index (χ0n) is 22.5. The van der Waals surface area contributed by atoms with Crippen LogP contribution in [0.2, 0.25) is 0 Å². The molecule has 2 unspecified atom stereocenters. The summed E-state index contributed by atoms with van der Waals surface area (Å²) in [6, 6.07) is 17.5. The van der Waals surface area contributed by atoms with Crippen LogP contribution >= 0.6 is 0 Å². The van der Waals surface area contributed by atoms with E-state index in [0.29, 0.717) is 25.4 Å². The molecule has 0 spiro atoms. The van der Waals surface area contributed by atoms with Crippen LogP contribution in [0.15, 0.2) is 48.5 Å². The van der Waals surface area contributed by atoms with Gasteiger partial charge in [-0.05, 0) is 99.6 Å². The van der Waals surface area contributed by atoms with Crippen LogP contribution < -0.4 is 9.47 Å². The summed E-state index contributed by atoms with van der Waals surface area (Å²) in [5.41, 5.74) is 2.62. The first kappa shape index (κ1) is 26.1. The summed E-state index contributed by atoms with van der Waals surface area (Å²) in [5.74, 6) is 2.00. The minimum Gasteiger partial charge on any atom is -0.490 e. The second-order valence-corrected chi connectivity index (χ2v) is 11.4. The van der Waals surface area contributed by atoms with Crippen LogP contribution in [0.25, 0.3) is 0 Å². The molecule has 0 saturated heterocycles. The zero-order valence-corrected chi connectivity index (χ0v) is 22.5. The molecule has 3 nitrogen and oxygen atoms in total. The second-order valence-electron chi connectivity index (χ2n) is 11.4. The Kier molecular flexibility index (Phi) is 8.81. The molecule has 2 aliphatic carbocycles. The van der Waals surface area contributed by atoms with Crippen molar-refractivity contribution in [3.05, 3.63) is 59.7 Å². The molecule has 2 aliphatic rings. The molecule has 0 bridgehead atoms. The molecule has 3 heteroatoms. The molecular formula is C32H46O3. The van der Waals surface area contributed by atoms with Gasteiger partial charge in [-0.25, -0.2) is 0 Å². The van der Waals surface area contributed by atoms with E-state index in [4.69, 9.17) is 14.2 Å². The Bertz CT molecular complexity index is 818. The fourth-order valence-corrected chi connectivity index (χ4v) is 5.55. The standard InChI is InChI=1S/C32H46O3/c1-5-31(3,25-15-19-29(20-16-25)34-27-11-7-8-12-27)23-33-24-32(4,6-2)26-17-21-30(22-18-26)35-28-13-9-10-14-28/h15-22,27-28H,5-14,23-24H2,1-4H3. The van der Waals surface area contributed by atoms with Gasteiger partial charge in [0.1, 0.15) is 11.5 Å². The summed E-state index contributed by atoms with van der Waals surface area (Å²) < 4.78 is 18.8. The minimum atomic E-state index is -0.0144. The third kappa shape index (κ3) is 6.61. The van der Waals surface area contributed by atoms with Gasteiger partial charge >= 0.3 is 0 Å². The van der Waals surface area contributed by atoms with Gasteiger partial charge in [-0.15, -0.1) is 0 Å². The summed E-state index contributed by atoms with van der Waals surface area (Å²) in [6.07, 6.45) is 12.8. The van der Waals surface area contributed by atoms with Crippen LogP contribution in [0.4, 0.5) is 0 Å². The highest BCUT2D eigenvalue weighted by atomic mass is 16.5. The fourth-order valence-electron chi connectivity index (χ4n) is 5.55. The van der Waals surface area contributed by atoms with Crippen molar-refractivity contribution in [2.75, 3.05) is 13.2 Å². The maximum Gasteiger partial charge on any atom is 0.119 e. The highest BCUT2D eigenvalue weighted by Crippen LogP contribution is 2.34. The highest BCUT2D eigenvalue weighted by molar-refractivity contribution is 5.33. The van der Waals surface area contributed by atoms with Gasteiger partial charge < -0.3 is 14.2 Å². The lowest BCUT2D eigenvalue weighted by Crippen LogP contribution is -2.33.